The van der Waals surface area contributed by atoms with Gasteiger partial charge < -0.3 is 5.73 Å². The molecular weight excluding hydrogens is 112 g/mol. The minimum absolute atomic E-state index is 0.482. The summed E-state index contributed by atoms with van der Waals surface area (Å²) in [6, 6.07) is 1.34. The summed E-state index contributed by atoms with van der Waals surface area (Å²) in [7, 11) is 0. The quantitative estimate of drug-likeness (QED) is 0.502. The average Bonchev–Trinajstić information content (AvgIpc) is 2.22. The lowest BCUT2D eigenvalue weighted by Crippen LogP contribution is -2.26. The molecule has 0 aromatic heterocycles. The zero-order chi connectivity index (χ0) is 6.27. The topological polar surface area (TPSA) is 29.3 Å². The summed E-state index contributed by atoms with van der Waals surface area (Å²) in [5.41, 5.74) is 5.78. The van der Waals surface area contributed by atoms with Crippen molar-refractivity contribution in [2.45, 2.75) is 31.3 Å². The Morgan fingerprint density at radius 2 is 2.33 bits per heavy atom. The zero-order valence-electron chi connectivity index (χ0n) is 5.71. The van der Waals surface area contributed by atoms with Crippen LogP contribution >= 0.6 is 0 Å². The second kappa shape index (κ2) is 1.96. The van der Waals surface area contributed by atoms with E-state index in [9.17, 15) is 0 Å². The van der Waals surface area contributed by atoms with Crippen LogP contribution in [0.3, 0.4) is 0 Å². The molecule has 0 aliphatic carbocycles. The van der Waals surface area contributed by atoms with Crippen molar-refractivity contribution in [2.75, 3.05) is 13.1 Å². The normalized spacial score (nSPS) is 43.7. The predicted octanol–water partition coefficient (Wildman–Crippen LogP) is 0.182. The molecule has 2 nitrogen and oxygen atoms in total. The fourth-order valence-corrected chi connectivity index (χ4v) is 2.13. The van der Waals surface area contributed by atoms with Crippen LogP contribution in [0.25, 0.3) is 0 Å². The largest absolute Gasteiger partial charge is 0.326 e. The van der Waals surface area contributed by atoms with E-state index < -0.39 is 0 Å². The minimum atomic E-state index is 0.482. The fourth-order valence-electron chi connectivity index (χ4n) is 2.13. The van der Waals surface area contributed by atoms with Crippen molar-refractivity contribution in [3.63, 3.8) is 0 Å². The van der Waals surface area contributed by atoms with Crippen LogP contribution in [0.5, 0.6) is 0 Å². The van der Waals surface area contributed by atoms with Crippen LogP contribution < -0.4 is 5.73 Å². The molecule has 2 aliphatic rings. The maximum absolute atomic E-state index is 5.78. The molecule has 0 radical (unpaired) electrons. The van der Waals surface area contributed by atoms with E-state index in [4.69, 9.17) is 5.73 Å². The number of hydrogen-bond acceptors (Lipinski definition) is 2. The highest BCUT2D eigenvalue weighted by Crippen LogP contribution is 2.26. The molecule has 2 saturated heterocycles. The molecular formula is C7H14N2. The molecule has 52 valence electrons. The lowest BCUT2D eigenvalue weighted by Gasteiger charge is -2.11. The Morgan fingerprint density at radius 1 is 1.44 bits per heavy atom. The van der Waals surface area contributed by atoms with Crippen LogP contribution in [0.1, 0.15) is 19.3 Å². The monoisotopic (exact) mass is 126 g/mol. The second-order valence-corrected chi connectivity index (χ2v) is 3.29. The number of nitrogens with two attached hydrogens (primary N) is 1. The summed E-state index contributed by atoms with van der Waals surface area (Å²) in [4.78, 5) is 2.53. The molecule has 2 unspecified atom stereocenters. The van der Waals surface area contributed by atoms with Gasteiger partial charge in [-0.1, -0.05) is 0 Å². The van der Waals surface area contributed by atoms with Crippen molar-refractivity contribution in [1.82, 2.24) is 4.90 Å². The van der Waals surface area contributed by atoms with E-state index in [0.717, 1.165) is 12.6 Å². The van der Waals surface area contributed by atoms with Gasteiger partial charge in [0.25, 0.3) is 0 Å². The Bertz CT molecular complexity index is 101. The van der Waals surface area contributed by atoms with Gasteiger partial charge in [-0.25, -0.2) is 0 Å². The van der Waals surface area contributed by atoms with E-state index in [1.54, 1.807) is 0 Å². The van der Waals surface area contributed by atoms with E-state index in [2.05, 4.69) is 4.90 Å². The smallest absolute Gasteiger partial charge is 0.0182 e. The van der Waals surface area contributed by atoms with Gasteiger partial charge in [-0.3, -0.25) is 4.90 Å². The molecule has 2 aliphatic heterocycles. The van der Waals surface area contributed by atoms with Gasteiger partial charge in [0.1, 0.15) is 0 Å². The number of nitrogens with zero attached hydrogens (tertiary/aromatic N) is 1. The molecule has 0 amide bonds. The Labute approximate surface area is 56.0 Å². The summed E-state index contributed by atoms with van der Waals surface area (Å²) in [5.74, 6) is 0. The highest BCUT2D eigenvalue weighted by molar-refractivity contribution is 4.91. The summed E-state index contributed by atoms with van der Waals surface area (Å²) < 4.78 is 0. The van der Waals surface area contributed by atoms with Crippen LogP contribution in [-0.4, -0.2) is 30.1 Å². The molecule has 2 fully saturated rings. The Hall–Kier alpha value is -0.0800. The summed E-state index contributed by atoms with van der Waals surface area (Å²) in [6.07, 6.45) is 4.05. The maximum Gasteiger partial charge on any atom is 0.0182 e. The number of fused-ring (bicyclic) bond motifs is 1. The molecule has 2 heterocycles. The first-order valence-electron chi connectivity index (χ1n) is 3.86. The van der Waals surface area contributed by atoms with Crippen molar-refractivity contribution in [1.29, 1.82) is 0 Å². The third-order valence-corrected chi connectivity index (χ3v) is 2.54. The summed E-state index contributed by atoms with van der Waals surface area (Å²) in [6.45, 7) is 2.46. The summed E-state index contributed by atoms with van der Waals surface area (Å²) in [5, 5.41) is 0. The molecule has 9 heavy (non-hydrogen) atoms. The highest BCUT2D eigenvalue weighted by Gasteiger charge is 2.32. The second-order valence-electron chi connectivity index (χ2n) is 3.29. The molecule has 2 N–H and O–H groups in total. The van der Waals surface area contributed by atoms with Gasteiger partial charge in [0.2, 0.25) is 0 Å². The fraction of sp³-hybridized carbons (Fsp3) is 1.00. The molecule has 0 aromatic carbocycles. The van der Waals surface area contributed by atoms with E-state index >= 15 is 0 Å². The lowest BCUT2D eigenvalue weighted by atomic mass is 10.1. The van der Waals surface area contributed by atoms with Gasteiger partial charge in [0.15, 0.2) is 0 Å². The van der Waals surface area contributed by atoms with Crippen LogP contribution in [0.2, 0.25) is 0 Å². The van der Waals surface area contributed by atoms with Crippen molar-refractivity contribution in [2.24, 2.45) is 5.73 Å². The molecule has 2 rings (SSSR count). The van der Waals surface area contributed by atoms with E-state index in [0.29, 0.717) is 6.04 Å². The van der Waals surface area contributed by atoms with Crippen molar-refractivity contribution >= 4 is 0 Å². The number of rotatable bonds is 0. The molecule has 0 saturated carbocycles. The first-order valence-corrected chi connectivity index (χ1v) is 3.86. The van der Waals surface area contributed by atoms with Crippen LogP contribution in [-0.2, 0) is 0 Å². The summed E-state index contributed by atoms with van der Waals surface area (Å²) >= 11 is 0. The Kier molecular flexibility index (Phi) is 1.24. The molecule has 2 atom stereocenters. The lowest BCUT2D eigenvalue weighted by molar-refractivity contribution is 0.322. The standard InChI is InChI=1S/C7H14N2/c8-6-4-7-2-1-3-9(7)5-6/h6-7H,1-5,8H2. The molecule has 0 bridgehead atoms. The van der Waals surface area contributed by atoms with Crippen molar-refractivity contribution in [3.05, 3.63) is 0 Å². The SMILES string of the molecule is NC1CC2CCCN2C1. The first-order chi connectivity index (χ1) is 4.36. The maximum atomic E-state index is 5.78. The van der Waals surface area contributed by atoms with Gasteiger partial charge in [-0.05, 0) is 25.8 Å². The Balaban J connectivity index is 2.02. The first kappa shape index (κ1) is 5.69. The third-order valence-electron chi connectivity index (χ3n) is 2.54. The number of hydrogen-bond donors (Lipinski definition) is 1. The van der Waals surface area contributed by atoms with Crippen molar-refractivity contribution in [3.8, 4) is 0 Å². The third kappa shape index (κ3) is 0.864. The average molecular weight is 126 g/mol. The highest BCUT2D eigenvalue weighted by atomic mass is 15.2. The van der Waals surface area contributed by atoms with Gasteiger partial charge >= 0.3 is 0 Å². The zero-order valence-corrected chi connectivity index (χ0v) is 5.71. The molecule has 2 heteroatoms. The van der Waals surface area contributed by atoms with Gasteiger partial charge in [-0.2, -0.15) is 0 Å². The van der Waals surface area contributed by atoms with E-state index in [1.807, 2.05) is 0 Å². The Morgan fingerprint density at radius 3 is 3.11 bits per heavy atom. The van der Waals surface area contributed by atoms with Gasteiger partial charge in [0, 0.05) is 18.6 Å². The molecule has 0 aromatic rings. The van der Waals surface area contributed by atoms with Crippen molar-refractivity contribution < 1.29 is 0 Å². The van der Waals surface area contributed by atoms with E-state index in [1.165, 1.54) is 25.8 Å². The van der Waals surface area contributed by atoms with Gasteiger partial charge in [0.05, 0.1) is 0 Å². The molecule has 0 spiro atoms. The minimum Gasteiger partial charge on any atom is -0.326 e. The van der Waals surface area contributed by atoms with Gasteiger partial charge in [-0.15, -0.1) is 0 Å². The van der Waals surface area contributed by atoms with E-state index in [-0.39, 0.29) is 0 Å². The van der Waals surface area contributed by atoms with Crippen LogP contribution in [0.4, 0.5) is 0 Å². The predicted molar refractivity (Wildman–Crippen MR) is 37.2 cm³/mol. The van der Waals surface area contributed by atoms with Crippen LogP contribution in [0, 0.1) is 0 Å². The van der Waals surface area contributed by atoms with Crippen LogP contribution in [0.15, 0.2) is 0 Å².